The van der Waals surface area contributed by atoms with Gasteiger partial charge in [0, 0.05) is 17.9 Å². The number of aromatic nitrogens is 3. The van der Waals surface area contributed by atoms with E-state index in [2.05, 4.69) is 36.7 Å². The quantitative estimate of drug-likeness (QED) is 0.515. The highest BCUT2D eigenvalue weighted by Crippen LogP contribution is 2.21. The first-order valence-electron chi connectivity index (χ1n) is 6.97. The summed E-state index contributed by atoms with van der Waals surface area (Å²) in [7, 11) is 0. The molecule has 2 rings (SSSR count). The van der Waals surface area contributed by atoms with Gasteiger partial charge in [-0.2, -0.15) is 0 Å². The third-order valence-electron chi connectivity index (χ3n) is 2.66. The van der Waals surface area contributed by atoms with Gasteiger partial charge >= 0.3 is 0 Å². The van der Waals surface area contributed by atoms with Crippen molar-refractivity contribution in [3.8, 4) is 0 Å². The number of pyridine rings is 1. The number of nitrogen functional groups attached to an aromatic ring is 1. The molecule has 9 heteroatoms. The summed E-state index contributed by atoms with van der Waals surface area (Å²) < 4.78 is 0. The van der Waals surface area contributed by atoms with Gasteiger partial charge in [-0.3, -0.25) is 20.6 Å². The number of rotatable bonds is 5. The van der Waals surface area contributed by atoms with Crippen LogP contribution >= 0.6 is 0 Å². The van der Waals surface area contributed by atoms with Crippen LogP contribution in [-0.2, 0) is 0 Å². The normalized spacial score (nSPS) is 10.9. The van der Waals surface area contributed by atoms with Gasteiger partial charge in [-0.1, -0.05) is 0 Å². The molecule has 0 aliphatic heterocycles. The minimum Gasteiger partial charge on any atom is -0.393 e. The number of anilines is 3. The second-order valence-electron chi connectivity index (χ2n) is 5.81. The van der Waals surface area contributed by atoms with Gasteiger partial charge in [0.05, 0.1) is 5.56 Å². The smallest absolute Gasteiger partial charge is 0.271 e. The Labute approximate surface area is 134 Å². The first kappa shape index (κ1) is 16.4. The van der Waals surface area contributed by atoms with Gasteiger partial charge in [0.25, 0.3) is 5.91 Å². The van der Waals surface area contributed by atoms with Crippen molar-refractivity contribution in [3.63, 3.8) is 0 Å². The van der Waals surface area contributed by atoms with Crippen LogP contribution < -0.4 is 27.4 Å². The van der Waals surface area contributed by atoms with E-state index in [1.54, 1.807) is 18.3 Å². The van der Waals surface area contributed by atoms with Crippen LogP contribution in [0.25, 0.3) is 0 Å². The van der Waals surface area contributed by atoms with Gasteiger partial charge in [0.2, 0.25) is 0 Å². The van der Waals surface area contributed by atoms with E-state index in [0.717, 1.165) is 0 Å². The van der Waals surface area contributed by atoms with Gasteiger partial charge < -0.3 is 11.2 Å². The van der Waals surface area contributed by atoms with E-state index < -0.39 is 0 Å². The van der Waals surface area contributed by atoms with Gasteiger partial charge in [-0.05, 0) is 32.9 Å². The Balaban J connectivity index is 2.02. The summed E-state index contributed by atoms with van der Waals surface area (Å²) in [5.41, 5.74) is 17.7. The van der Waals surface area contributed by atoms with Gasteiger partial charge in [-0.15, -0.1) is 0 Å². The number of hydrogen-bond donors (Lipinski definition) is 5. The highest BCUT2D eigenvalue weighted by atomic mass is 16.2. The Kier molecular flexibility index (Phi) is 4.91. The zero-order valence-electron chi connectivity index (χ0n) is 13.2. The fraction of sp³-hybridized carbons (Fsp3) is 0.286. The molecule has 0 fully saturated rings. The molecule has 9 nitrogen and oxygen atoms in total. The lowest BCUT2D eigenvalue weighted by Gasteiger charge is -2.22. The minimum atomic E-state index is -0.349. The van der Waals surface area contributed by atoms with E-state index in [1.165, 1.54) is 12.5 Å². The Bertz CT molecular complexity index is 668. The molecule has 0 unspecified atom stereocenters. The number of carbonyl (C=O) groups excluding carboxylic acids is 1. The van der Waals surface area contributed by atoms with Crippen LogP contribution in [0.1, 0.15) is 31.1 Å². The molecule has 0 aromatic carbocycles. The third-order valence-corrected chi connectivity index (χ3v) is 2.66. The first-order chi connectivity index (χ1) is 10.9. The lowest BCUT2D eigenvalue weighted by Crippen LogP contribution is -2.40. The molecule has 0 saturated heterocycles. The molecule has 122 valence electrons. The molecule has 0 spiro atoms. The molecule has 23 heavy (non-hydrogen) atoms. The number of nitrogens with two attached hydrogens (primary N) is 1. The predicted octanol–water partition coefficient (Wildman–Crippen LogP) is 0.926. The van der Waals surface area contributed by atoms with E-state index in [-0.39, 0.29) is 23.0 Å². The van der Waals surface area contributed by atoms with Crippen LogP contribution in [-0.4, -0.2) is 26.4 Å². The maximum atomic E-state index is 11.9. The van der Waals surface area contributed by atoms with Crippen molar-refractivity contribution >= 4 is 23.2 Å². The molecular formula is C14H20N8O. The Morgan fingerprint density at radius 1 is 1.17 bits per heavy atom. The number of nitrogens with one attached hydrogen (secondary N) is 4. The first-order valence-corrected chi connectivity index (χ1v) is 6.97. The molecule has 2 heterocycles. The molecule has 0 radical (unpaired) electrons. The monoisotopic (exact) mass is 316 g/mol. The van der Waals surface area contributed by atoms with Crippen molar-refractivity contribution in [1.82, 2.24) is 25.8 Å². The summed E-state index contributed by atoms with van der Waals surface area (Å²) in [5, 5.41) is 0. The zero-order valence-corrected chi connectivity index (χ0v) is 13.2. The average Bonchev–Trinajstić information content (AvgIpc) is 2.52. The van der Waals surface area contributed by atoms with Crippen molar-refractivity contribution in [1.29, 1.82) is 0 Å². The van der Waals surface area contributed by atoms with Crippen LogP contribution in [0.2, 0.25) is 0 Å². The number of hydrazine groups is 2. The lowest BCUT2D eigenvalue weighted by atomic mass is 10.1. The van der Waals surface area contributed by atoms with Crippen molar-refractivity contribution in [2.75, 3.05) is 16.6 Å². The number of hydrogen-bond acceptors (Lipinski definition) is 8. The van der Waals surface area contributed by atoms with Crippen molar-refractivity contribution in [3.05, 3.63) is 36.4 Å². The molecule has 2 aromatic rings. The van der Waals surface area contributed by atoms with E-state index in [4.69, 9.17) is 5.73 Å². The predicted molar refractivity (Wildman–Crippen MR) is 88.3 cm³/mol. The number of amides is 1. The Morgan fingerprint density at radius 2 is 1.87 bits per heavy atom. The van der Waals surface area contributed by atoms with E-state index in [0.29, 0.717) is 11.4 Å². The van der Waals surface area contributed by atoms with Gasteiger partial charge in [0.15, 0.2) is 11.6 Å². The molecule has 1 amide bonds. The molecule has 0 bridgehead atoms. The fourth-order valence-corrected chi connectivity index (χ4v) is 1.53. The molecule has 2 aromatic heterocycles. The van der Waals surface area contributed by atoms with Crippen molar-refractivity contribution in [2.45, 2.75) is 26.3 Å². The fourth-order valence-electron chi connectivity index (χ4n) is 1.53. The summed E-state index contributed by atoms with van der Waals surface area (Å²) in [4.78, 5) is 23.9. The summed E-state index contributed by atoms with van der Waals surface area (Å²) >= 11 is 0. The number of carbonyl (C=O) groups is 1. The van der Waals surface area contributed by atoms with E-state index >= 15 is 0 Å². The Morgan fingerprint density at radius 3 is 2.48 bits per heavy atom. The molecule has 0 aliphatic carbocycles. The zero-order chi connectivity index (χ0) is 16.9. The summed E-state index contributed by atoms with van der Waals surface area (Å²) in [6.45, 7) is 5.97. The van der Waals surface area contributed by atoms with Crippen LogP contribution in [0.5, 0.6) is 0 Å². The standard InChI is InChI=1S/C14H20N8O/c1-14(2,3)22-20-12-10(15)11(17-8-18-12)19-21-13(23)9-5-4-6-16-7-9/h4-8,22H,15H2,1-3H3,(H,21,23)(H2,17,18,19,20). The van der Waals surface area contributed by atoms with Crippen molar-refractivity contribution in [2.24, 2.45) is 0 Å². The second kappa shape index (κ2) is 6.88. The highest BCUT2D eigenvalue weighted by Gasteiger charge is 2.13. The van der Waals surface area contributed by atoms with Crippen LogP contribution in [0.4, 0.5) is 17.3 Å². The van der Waals surface area contributed by atoms with E-state index in [1.807, 2.05) is 20.8 Å². The Hall–Kier alpha value is -2.94. The SMILES string of the molecule is CC(C)(C)NNc1ncnc(NNC(=O)c2cccnc2)c1N. The summed E-state index contributed by atoms with van der Waals surface area (Å²) in [6.07, 6.45) is 4.38. The van der Waals surface area contributed by atoms with Crippen LogP contribution in [0.3, 0.4) is 0 Å². The lowest BCUT2D eigenvalue weighted by molar-refractivity contribution is 0.0962. The number of nitrogens with zero attached hydrogens (tertiary/aromatic N) is 3. The highest BCUT2D eigenvalue weighted by molar-refractivity contribution is 5.94. The summed E-state index contributed by atoms with van der Waals surface area (Å²) in [6, 6.07) is 3.32. The maximum absolute atomic E-state index is 11.9. The molecule has 6 N–H and O–H groups in total. The summed E-state index contributed by atoms with van der Waals surface area (Å²) in [5.74, 6) is 0.349. The maximum Gasteiger partial charge on any atom is 0.271 e. The van der Waals surface area contributed by atoms with Gasteiger partial charge in [0.1, 0.15) is 12.0 Å². The largest absolute Gasteiger partial charge is 0.393 e. The average molecular weight is 316 g/mol. The molecule has 0 aliphatic rings. The topological polar surface area (TPSA) is 130 Å². The van der Waals surface area contributed by atoms with Crippen LogP contribution in [0, 0.1) is 0 Å². The van der Waals surface area contributed by atoms with Crippen LogP contribution in [0.15, 0.2) is 30.9 Å². The van der Waals surface area contributed by atoms with Crippen molar-refractivity contribution < 1.29 is 4.79 Å². The van der Waals surface area contributed by atoms with Gasteiger partial charge in [-0.25, -0.2) is 15.4 Å². The molecule has 0 saturated carbocycles. The third kappa shape index (κ3) is 4.78. The molecular weight excluding hydrogens is 296 g/mol. The van der Waals surface area contributed by atoms with E-state index in [9.17, 15) is 4.79 Å². The molecule has 0 atom stereocenters. The second-order valence-corrected chi connectivity index (χ2v) is 5.81. The minimum absolute atomic E-state index is 0.167.